The predicted molar refractivity (Wildman–Crippen MR) is 118 cm³/mol. The number of rotatable bonds is 5. The highest BCUT2D eigenvalue weighted by atomic mass is 35.5. The normalized spacial score (nSPS) is 12.7. The average molecular weight is 455 g/mol. The van der Waals surface area contributed by atoms with Gasteiger partial charge < -0.3 is 4.74 Å². The number of methoxy groups -OCH3 is 1. The third-order valence-electron chi connectivity index (χ3n) is 4.94. The minimum Gasteiger partial charge on any atom is -0.495 e. The zero-order chi connectivity index (χ0) is 22.1. The summed E-state index contributed by atoms with van der Waals surface area (Å²) in [5.41, 5.74) is 1.15. The van der Waals surface area contributed by atoms with Crippen LogP contribution in [0.1, 0.15) is 31.1 Å². The molecule has 0 radical (unpaired) electrons. The number of nitrogens with zero attached hydrogens (tertiary/aromatic N) is 2. The van der Waals surface area contributed by atoms with E-state index in [-0.39, 0.29) is 17.3 Å². The summed E-state index contributed by atoms with van der Waals surface area (Å²) in [5.74, 6) is -1.06. The molecule has 0 fully saturated rings. The molecule has 1 heterocycles. The monoisotopic (exact) mass is 454 g/mol. The van der Waals surface area contributed by atoms with E-state index in [4.69, 9.17) is 27.9 Å². The molecule has 0 unspecified atom stereocenters. The van der Waals surface area contributed by atoms with Gasteiger partial charge in [-0.25, -0.2) is 0 Å². The molecule has 3 aromatic carbocycles. The minimum absolute atomic E-state index is 0.153. The Hall–Kier alpha value is -3.35. The number of anilines is 1. The molecule has 31 heavy (non-hydrogen) atoms. The fourth-order valence-electron chi connectivity index (χ4n) is 3.42. The lowest BCUT2D eigenvalue weighted by molar-refractivity contribution is 0.0650. The van der Waals surface area contributed by atoms with E-state index in [9.17, 15) is 14.4 Å². The summed E-state index contributed by atoms with van der Waals surface area (Å²) in [6, 6.07) is 17.9. The molecule has 1 aliphatic heterocycles. The van der Waals surface area contributed by atoms with E-state index in [1.165, 1.54) is 24.1 Å². The molecule has 0 aliphatic carbocycles. The quantitative estimate of drug-likeness (QED) is 0.514. The molecule has 3 amide bonds. The molecule has 156 valence electrons. The van der Waals surface area contributed by atoms with Gasteiger partial charge in [-0.2, -0.15) is 0 Å². The summed E-state index contributed by atoms with van der Waals surface area (Å²) in [6.45, 7) is -0.315. The number of benzene rings is 3. The van der Waals surface area contributed by atoms with Crippen LogP contribution in [-0.2, 0) is 0 Å². The van der Waals surface area contributed by atoms with Gasteiger partial charge >= 0.3 is 0 Å². The predicted octanol–water partition coefficient (Wildman–Crippen LogP) is 4.90. The molecule has 0 bridgehead atoms. The number of amides is 3. The highest BCUT2D eigenvalue weighted by Crippen LogP contribution is 2.32. The average Bonchev–Trinajstić information content (AvgIpc) is 3.02. The maximum atomic E-state index is 13.5. The third kappa shape index (κ3) is 3.76. The van der Waals surface area contributed by atoms with Crippen LogP contribution in [0.4, 0.5) is 5.69 Å². The first-order chi connectivity index (χ1) is 14.9. The Morgan fingerprint density at radius 1 is 0.935 bits per heavy atom. The molecule has 0 spiro atoms. The fourth-order valence-corrected chi connectivity index (χ4v) is 3.91. The maximum Gasteiger partial charge on any atom is 0.263 e. The van der Waals surface area contributed by atoms with Crippen LogP contribution in [0.15, 0.2) is 66.7 Å². The first kappa shape index (κ1) is 20.9. The van der Waals surface area contributed by atoms with Crippen LogP contribution in [0.5, 0.6) is 5.75 Å². The molecule has 3 aromatic rings. The summed E-state index contributed by atoms with van der Waals surface area (Å²) in [6.07, 6.45) is 0. The Morgan fingerprint density at radius 3 is 2.16 bits per heavy atom. The highest BCUT2D eigenvalue weighted by molar-refractivity contribution is 6.37. The van der Waals surface area contributed by atoms with Gasteiger partial charge in [-0.15, -0.1) is 0 Å². The highest BCUT2D eigenvalue weighted by Gasteiger charge is 2.38. The second-order valence-corrected chi connectivity index (χ2v) is 7.60. The van der Waals surface area contributed by atoms with Crippen molar-refractivity contribution in [3.63, 3.8) is 0 Å². The zero-order valence-corrected chi connectivity index (χ0v) is 17.9. The lowest BCUT2D eigenvalue weighted by Gasteiger charge is -2.28. The largest absolute Gasteiger partial charge is 0.495 e. The lowest BCUT2D eigenvalue weighted by atomic mass is 10.1. The van der Waals surface area contributed by atoms with Crippen LogP contribution in [0.3, 0.4) is 0 Å². The number of para-hydroxylation sites is 2. The van der Waals surface area contributed by atoms with Gasteiger partial charge in [0.25, 0.3) is 17.7 Å². The number of hydrogen-bond acceptors (Lipinski definition) is 4. The number of halogens is 2. The van der Waals surface area contributed by atoms with Crippen molar-refractivity contribution in [1.29, 1.82) is 0 Å². The van der Waals surface area contributed by atoms with Gasteiger partial charge in [0.05, 0.1) is 34.5 Å². The number of carbonyl (C=O) groups excluding carboxylic acids is 3. The summed E-state index contributed by atoms with van der Waals surface area (Å²) in [5, 5.41) is 0.533. The van der Waals surface area contributed by atoms with Gasteiger partial charge in [0, 0.05) is 5.02 Å². The summed E-state index contributed by atoms with van der Waals surface area (Å²) in [4.78, 5) is 41.6. The molecule has 1 aliphatic rings. The standard InChI is InChI=1S/C23H16Cl2N2O4/c1-31-20-9-5-4-8-19(20)26(23(30)17-11-10-14(24)12-18(17)25)13-27-21(28)15-6-2-3-7-16(15)22(27)29/h2-12H,13H2,1H3. The maximum absolute atomic E-state index is 13.5. The number of carbonyl (C=O) groups is 3. The molecular formula is C23H16Cl2N2O4. The summed E-state index contributed by atoms with van der Waals surface area (Å²) < 4.78 is 5.41. The van der Waals surface area contributed by atoms with Crippen molar-refractivity contribution in [2.75, 3.05) is 18.7 Å². The van der Waals surface area contributed by atoms with E-state index in [0.29, 0.717) is 27.6 Å². The zero-order valence-electron chi connectivity index (χ0n) is 16.3. The van der Waals surface area contributed by atoms with Crippen LogP contribution >= 0.6 is 23.2 Å². The van der Waals surface area contributed by atoms with E-state index in [0.717, 1.165) is 4.90 Å². The molecule has 0 aromatic heterocycles. The van der Waals surface area contributed by atoms with Crippen LogP contribution in [0.25, 0.3) is 0 Å². The van der Waals surface area contributed by atoms with E-state index >= 15 is 0 Å². The Labute approximate surface area is 188 Å². The van der Waals surface area contributed by atoms with Crippen molar-refractivity contribution in [3.05, 3.63) is 93.5 Å². The first-order valence-electron chi connectivity index (χ1n) is 9.27. The molecule has 8 heteroatoms. The lowest BCUT2D eigenvalue weighted by Crippen LogP contribution is -2.44. The summed E-state index contributed by atoms with van der Waals surface area (Å²) in [7, 11) is 1.47. The molecule has 0 saturated carbocycles. The molecule has 0 saturated heterocycles. The molecule has 0 N–H and O–H groups in total. The van der Waals surface area contributed by atoms with Gasteiger partial charge in [0.2, 0.25) is 0 Å². The Balaban J connectivity index is 1.78. The van der Waals surface area contributed by atoms with E-state index in [1.807, 2.05) is 0 Å². The first-order valence-corrected chi connectivity index (χ1v) is 10.0. The van der Waals surface area contributed by atoms with Gasteiger partial charge in [-0.3, -0.25) is 24.2 Å². The second kappa shape index (κ2) is 8.41. The van der Waals surface area contributed by atoms with Crippen molar-refractivity contribution in [2.24, 2.45) is 0 Å². The Bertz CT molecular complexity index is 1180. The van der Waals surface area contributed by atoms with Crippen LogP contribution in [0, 0.1) is 0 Å². The molecular weight excluding hydrogens is 439 g/mol. The summed E-state index contributed by atoms with van der Waals surface area (Å²) >= 11 is 12.2. The second-order valence-electron chi connectivity index (χ2n) is 6.75. The van der Waals surface area contributed by atoms with Crippen molar-refractivity contribution in [1.82, 2.24) is 4.90 Å². The number of ether oxygens (including phenoxy) is 1. The van der Waals surface area contributed by atoms with Crippen LogP contribution in [0.2, 0.25) is 10.0 Å². The van der Waals surface area contributed by atoms with Crippen molar-refractivity contribution < 1.29 is 19.1 Å². The number of fused-ring (bicyclic) bond motifs is 1. The van der Waals surface area contributed by atoms with Crippen molar-refractivity contribution >= 4 is 46.6 Å². The van der Waals surface area contributed by atoms with E-state index in [2.05, 4.69) is 0 Å². The molecule has 6 nitrogen and oxygen atoms in total. The van der Waals surface area contributed by atoms with E-state index in [1.54, 1.807) is 54.6 Å². The molecule has 4 rings (SSSR count). The number of imide groups is 1. The Kier molecular flexibility index (Phi) is 5.67. The molecule has 0 atom stereocenters. The van der Waals surface area contributed by atoms with Gasteiger partial charge in [-0.05, 0) is 42.5 Å². The fraction of sp³-hybridized carbons (Fsp3) is 0.0870. The Morgan fingerprint density at radius 2 is 1.55 bits per heavy atom. The van der Waals surface area contributed by atoms with Gasteiger partial charge in [0.1, 0.15) is 12.4 Å². The third-order valence-corrected chi connectivity index (χ3v) is 5.49. The van der Waals surface area contributed by atoms with Crippen molar-refractivity contribution in [2.45, 2.75) is 0 Å². The SMILES string of the molecule is COc1ccccc1N(CN1C(=O)c2ccccc2C1=O)C(=O)c1ccc(Cl)cc1Cl. The van der Waals surface area contributed by atoms with Gasteiger partial charge in [-0.1, -0.05) is 47.5 Å². The number of hydrogen-bond donors (Lipinski definition) is 0. The van der Waals surface area contributed by atoms with Gasteiger partial charge in [0.15, 0.2) is 0 Å². The van der Waals surface area contributed by atoms with Crippen LogP contribution in [-0.4, -0.2) is 36.4 Å². The van der Waals surface area contributed by atoms with Crippen molar-refractivity contribution in [3.8, 4) is 5.75 Å². The van der Waals surface area contributed by atoms with E-state index < -0.39 is 17.7 Å². The van der Waals surface area contributed by atoms with Crippen LogP contribution < -0.4 is 9.64 Å². The minimum atomic E-state index is -0.511. The topological polar surface area (TPSA) is 66.9 Å². The smallest absolute Gasteiger partial charge is 0.263 e.